The van der Waals surface area contributed by atoms with Crippen LogP contribution < -0.4 is 5.32 Å². The molecule has 0 aromatic carbocycles. The fourth-order valence-corrected chi connectivity index (χ4v) is 2.14. The van der Waals surface area contributed by atoms with Crippen LogP contribution in [0.4, 0.5) is 5.82 Å². The molecule has 0 bridgehead atoms. The van der Waals surface area contributed by atoms with Crippen molar-refractivity contribution in [2.45, 2.75) is 45.1 Å². The van der Waals surface area contributed by atoms with E-state index in [9.17, 15) is 0 Å². The molecular weight excluding hydrogens is 214 g/mol. The van der Waals surface area contributed by atoms with Gasteiger partial charge in [0.25, 0.3) is 0 Å². The molecule has 4 nitrogen and oxygen atoms in total. The van der Waals surface area contributed by atoms with Crippen molar-refractivity contribution in [1.29, 1.82) is 0 Å². The lowest BCUT2D eigenvalue weighted by Gasteiger charge is -2.23. The van der Waals surface area contributed by atoms with Gasteiger partial charge in [-0.05, 0) is 26.2 Å². The fraction of sp³-hybridized carbons (Fsp3) is 0.692. The van der Waals surface area contributed by atoms with Gasteiger partial charge in [0, 0.05) is 24.9 Å². The van der Waals surface area contributed by atoms with E-state index in [4.69, 9.17) is 4.74 Å². The van der Waals surface area contributed by atoms with Crippen molar-refractivity contribution in [3.63, 3.8) is 0 Å². The number of nitrogens with one attached hydrogen (secondary N) is 1. The summed E-state index contributed by atoms with van der Waals surface area (Å²) in [5, 5.41) is 3.35. The summed E-state index contributed by atoms with van der Waals surface area (Å²) in [5.41, 5.74) is 1.07. The Morgan fingerprint density at radius 2 is 2.35 bits per heavy atom. The van der Waals surface area contributed by atoms with Crippen molar-refractivity contribution in [3.8, 4) is 0 Å². The molecule has 1 aromatic heterocycles. The Labute approximate surface area is 103 Å². The van der Waals surface area contributed by atoms with Gasteiger partial charge in [-0.1, -0.05) is 13.3 Å². The number of aromatic nitrogens is 2. The van der Waals surface area contributed by atoms with E-state index in [1.807, 2.05) is 6.07 Å². The molecule has 2 heterocycles. The summed E-state index contributed by atoms with van der Waals surface area (Å²) in [6.45, 7) is 6.00. The third-order valence-corrected chi connectivity index (χ3v) is 3.17. The standard InChI is InChI=1S/C13H21N3O/c1-3-5-11-8-12(16-10-15-11)14-9-13(2)6-4-7-17-13/h8,10H,3-7,9H2,1-2H3,(H,14,15,16). The van der Waals surface area contributed by atoms with Gasteiger partial charge in [-0.25, -0.2) is 9.97 Å². The summed E-state index contributed by atoms with van der Waals surface area (Å²) >= 11 is 0. The molecule has 2 rings (SSSR count). The minimum absolute atomic E-state index is 0.0319. The largest absolute Gasteiger partial charge is 0.373 e. The molecule has 17 heavy (non-hydrogen) atoms. The predicted octanol–water partition coefficient (Wildman–Crippen LogP) is 2.41. The molecule has 1 aliphatic rings. The molecule has 4 heteroatoms. The molecule has 1 N–H and O–H groups in total. The SMILES string of the molecule is CCCc1cc(NCC2(C)CCCO2)ncn1. The second-order valence-electron chi connectivity index (χ2n) is 4.90. The van der Waals surface area contributed by atoms with Crippen LogP contribution in [0.1, 0.15) is 38.8 Å². The molecule has 1 aliphatic heterocycles. The van der Waals surface area contributed by atoms with Gasteiger partial charge < -0.3 is 10.1 Å². The summed E-state index contributed by atoms with van der Waals surface area (Å²) in [6.07, 6.45) is 6.02. The highest BCUT2D eigenvalue weighted by atomic mass is 16.5. The first kappa shape index (κ1) is 12.3. The highest BCUT2D eigenvalue weighted by Gasteiger charge is 2.29. The summed E-state index contributed by atoms with van der Waals surface area (Å²) in [6, 6.07) is 2.03. The molecule has 0 aliphatic carbocycles. The zero-order valence-electron chi connectivity index (χ0n) is 10.7. The summed E-state index contributed by atoms with van der Waals surface area (Å²) in [5.74, 6) is 0.903. The second kappa shape index (κ2) is 5.45. The number of ether oxygens (including phenoxy) is 1. The van der Waals surface area contributed by atoms with E-state index in [2.05, 4.69) is 29.1 Å². The maximum Gasteiger partial charge on any atom is 0.129 e. The molecule has 0 radical (unpaired) electrons. The minimum atomic E-state index is -0.0319. The number of hydrogen-bond donors (Lipinski definition) is 1. The lowest BCUT2D eigenvalue weighted by atomic mass is 10.0. The molecule has 0 saturated carbocycles. The Morgan fingerprint density at radius 3 is 3.06 bits per heavy atom. The zero-order chi connectivity index (χ0) is 12.1. The summed E-state index contributed by atoms with van der Waals surface area (Å²) in [4.78, 5) is 8.48. The lowest BCUT2D eigenvalue weighted by Crippen LogP contribution is -2.32. The van der Waals surface area contributed by atoms with Crippen LogP contribution in [0.15, 0.2) is 12.4 Å². The Kier molecular flexibility index (Phi) is 3.94. The monoisotopic (exact) mass is 235 g/mol. The molecular formula is C13H21N3O. The topological polar surface area (TPSA) is 47.0 Å². The highest BCUT2D eigenvalue weighted by molar-refractivity contribution is 5.35. The van der Waals surface area contributed by atoms with Crippen molar-refractivity contribution in [1.82, 2.24) is 9.97 Å². The number of anilines is 1. The van der Waals surface area contributed by atoms with Gasteiger partial charge in [0.05, 0.1) is 5.60 Å². The number of aryl methyl sites for hydroxylation is 1. The fourth-order valence-electron chi connectivity index (χ4n) is 2.14. The van der Waals surface area contributed by atoms with E-state index in [1.54, 1.807) is 6.33 Å². The van der Waals surface area contributed by atoms with E-state index in [0.717, 1.165) is 50.3 Å². The molecule has 94 valence electrons. The van der Waals surface area contributed by atoms with Gasteiger partial charge in [-0.3, -0.25) is 0 Å². The molecule has 1 saturated heterocycles. The molecule has 1 fully saturated rings. The molecule has 1 atom stereocenters. The van der Waals surface area contributed by atoms with Crippen molar-refractivity contribution >= 4 is 5.82 Å². The Balaban J connectivity index is 1.91. The third kappa shape index (κ3) is 3.40. The number of hydrogen-bond acceptors (Lipinski definition) is 4. The molecule has 1 unspecified atom stereocenters. The van der Waals surface area contributed by atoms with Gasteiger partial charge >= 0.3 is 0 Å². The van der Waals surface area contributed by atoms with Crippen molar-refractivity contribution in [2.24, 2.45) is 0 Å². The zero-order valence-corrected chi connectivity index (χ0v) is 10.7. The summed E-state index contributed by atoms with van der Waals surface area (Å²) in [7, 11) is 0. The van der Waals surface area contributed by atoms with E-state index >= 15 is 0 Å². The molecule has 0 spiro atoms. The van der Waals surface area contributed by atoms with Crippen LogP contribution in [-0.4, -0.2) is 28.7 Å². The van der Waals surface area contributed by atoms with E-state index in [1.165, 1.54) is 0 Å². The normalized spacial score (nSPS) is 23.9. The van der Waals surface area contributed by atoms with Gasteiger partial charge in [-0.15, -0.1) is 0 Å². The first-order chi connectivity index (χ1) is 8.22. The van der Waals surface area contributed by atoms with Crippen LogP contribution in [0.5, 0.6) is 0 Å². The van der Waals surface area contributed by atoms with Crippen LogP contribution in [0, 0.1) is 0 Å². The van der Waals surface area contributed by atoms with E-state index in [-0.39, 0.29) is 5.60 Å². The minimum Gasteiger partial charge on any atom is -0.373 e. The van der Waals surface area contributed by atoms with Crippen molar-refractivity contribution < 1.29 is 4.74 Å². The lowest BCUT2D eigenvalue weighted by molar-refractivity contribution is 0.0315. The van der Waals surface area contributed by atoms with Crippen LogP contribution in [-0.2, 0) is 11.2 Å². The van der Waals surface area contributed by atoms with E-state index < -0.39 is 0 Å². The Morgan fingerprint density at radius 1 is 1.47 bits per heavy atom. The van der Waals surface area contributed by atoms with Crippen molar-refractivity contribution in [3.05, 3.63) is 18.1 Å². The molecule has 0 amide bonds. The average Bonchev–Trinajstić information content (AvgIpc) is 2.76. The van der Waals surface area contributed by atoms with Crippen LogP contribution >= 0.6 is 0 Å². The van der Waals surface area contributed by atoms with Crippen LogP contribution in [0.25, 0.3) is 0 Å². The maximum atomic E-state index is 5.73. The highest BCUT2D eigenvalue weighted by Crippen LogP contribution is 2.25. The first-order valence-corrected chi connectivity index (χ1v) is 6.41. The average molecular weight is 235 g/mol. The third-order valence-electron chi connectivity index (χ3n) is 3.17. The van der Waals surface area contributed by atoms with E-state index in [0.29, 0.717) is 0 Å². The van der Waals surface area contributed by atoms with Crippen molar-refractivity contribution in [2.75, 3.05) is 18.5 Å². The van der Waals surface area contributed by atoms with Crippen LogP contribution in [0.2, 0.25) is 0 Å². The number of nitrogens with zero attached hydrogens (tertiary/aromatic N) is 2. The van der Waals surface area contributed by atoms with Crippen LogP contribution in [0.3, 0.4) is 0 Å². The van der Waals surface area contributed by atoms with Gasteiger partial charge in [-0.2, -0.15) is 0 Å². The Hall–Kier alpha value is -1.16. The Bertz CT molecular complexity index is 361. The predicted molar refractivity (Wildman–Crippen MR) is 68.1 cm³/mol. The second-order valence-corrected chi connectivity index (χ2v) is 4.90. The smallest absolute Gasteiger partial charge is 0.129 e. The maximum absolute atomic E-state index is 5.73. The van der Waals surface area contributed by atoms with Gasteiger partial charge in [0.15, 0.2) is 0 Å². The van der Waals surface area contributed by atoms with Gasteiger partial charge in [0.1, 0.15) is 12.1 Å². The van der Waals surface area contributed by atoms with Gasteiger partial charge in [0.2, 0.25) is 0 Å². The molecule has 1 aromatic rings. The number of rotatable bonds is 5. The quantitative estimate of drug-likeness (QED) is 0.851. The summed E-state index contributed by atoms with van der Waals surface area (Å²) < 4.78 is 5.73. The first-order valence-electron chi connectivity index (χ1n) is 6.41.